The highest BCUT2D eigenvalue weighted by molar-refractivity contribution is 6.45. The molecule has 0 saturated carbocycles. The van der Waals surface area contributed by atoms with E-state index in [4.69, 9.17) is 21.1 Å². The van der Waals surface area contributed by atoms with Gasteiger partial charge in [-0.2, -0.15) is 0 Å². The van der Waals surface area contributed by atoms with Crippen molar-refractivity contribution in [2.45, 2.75) is 0 Å². The molecule has 2 amide bonds. The molecule has 0 bridgehead atoms. The topological polar surface area (TPSA) is 59.1 Å². The molecule has 164 valence electrons. The van der Waals surface area contributed by atoms with Gasteiger partial charge in [-0.05, 0) is 35.9 Å². The quantitative estimate of drug-likeness (QED) is 0.547. The summed E-state index contributed by atoms with van der Waals surface area (Å²) in [6, 6.07) is 8.89. The Labute approximate surface area is 183 Å². The highest BCUT2D eigenvalue weighted by Crippen LogP contribution is 2.36. The molecule has 9 heteroatoms. The maximum absolute atomic E-state index is 13.6. The van der Waals surface area contributed by atoms with Crippen LogP contribution in [-0.4, -0.2) is 57.2 Å². The smallest absolute Gasteiger partial charge is 0.282 e. The summed E-state index contributed by atoms with van der Waals surface area (Å²) in [5.74, 6) is -2.35. The van der Waals surface area contributed by atoms with Crippen molar-refractivity contribution in [3.63, 3.8) is 0 Å². The average molecular weight is 451 g/mol. The largest absolute Gasteiger partial charge is 0.383 e. The Morgan fingerprint density at radius 1 is 0.935 bits per heavy atom. The third kappa shape index (κ3) is 4.76. The molecule has 0 spiro atoms. The van der Waals surface area contributed by atoms with Crippen LogP contribution in [0.15, 0.2) is 48.2 Å². The zero-order chi connectivity index (χ0) is 22.5. The second-order valence-corrected chi connectivity index (χ2v) is 7.15. The molecular formula is C22H21ClF2N2O4. The van der Waals surface area contributed by atoms with E-state index in [1.807, 2.05) is 0 Å². The Bertz CT molecular complexity index is 1000. The summed E-state index contributed by atoms with van der Waals surface area (Å²) in [5, 5.41) is -0.217. The minimum Gasteiger partial charge on any atom is -0.383 e. The Morgan fingerprint density at radius 3 is 2.10 bits per heavy atom. The molecule has 0 saturated heterocycles. The first-order valence-corrected chi connectivity index (χ1v) is 9.83. The van der Waals surface area contributed by atoms with Gasteiger partial charge in [-0.25, -0.2) is 13.7 Å². The summed E-state index contributed by atoms with van der Waals surface area (Å²) >= 11 is 5.87. The lowest BCUT2D eigenvalue weighted by molar-refractivity contribution is -0.120. The molecule has 0 aliphatic carbocycles. The average Bonchev–Trinajstić information content (AvgIpc) is 3.01. The lowest BCUT2D eigenvalue weighted by Crippen LogP contribution is -2.37. The molecule has 0 unspecified atom stereocenters. The first-order valence-electron chi connectivity index (χ1n) is 9.46. The minimum absolute atomic E-state index is 0.109. The van der Waals surface area contributed by atoms with Crippen LogP contribution in [-0.2, 0) is 19.1 Å². The van der Waals surface area contributed by atoms with Crippen molar-refractivity contribution in [2.24, 2.45) is 0 Å². The predicted molar refractivity (Wildman–Crippen MR) is 113 cm³/mol. The molecular weight excluding hydrogens is 430 g/mol. The molecule has 3 rings (SSSR count). The van der Waals surface area contributed by atoms with Gasteiger partial charge in [0.15, 0.2) is 0 Å². The SMILES string of the molecule is COCCN(CCOC)C1=C(c2ccc(F)cc2)C(=O)N(c2ccc(F)c(Cl)c2)C1=O. The van der Waals surface area contributed by atoms with Crippen molar-refractivity contribution < 1.29 is 27.8 Å². The Morgan fingerprint density at radius 2 is 1.55 bits per heavy atom. The van der Waals surface area contributed by atoms with Crippen LogP contribution in [0.3, 0.4) is 0 Å². The fourth-order valence-electron chi connectivity index (χ4n) is 3.29. The van der Waals surface area contributed by atoms with E-state index in [2.05, 4.69) is 0 Å². The zero-order valence-corrected chi connectivity index (χ0v) is 17.8. The number of hydrogen-bond acceptors (Lipinski definition) is 5. The number of methoxy groups -OCH3 is 2. The summed E-state index contributed by atoms with van der Waals surface area (Å²) in [6.07, 6.45) is 0. The lowest BCUT2D eigenvalue weighted by atomic mass is 10.0. The number of carbonyl (C=O) groups is 2. The van der Waals surface area contributed by atoms with Crippen LogP contribution in [0.25, 0.3) is 5.57 Å². The molecule has 0 aromatic heterocycles. The first-order chi connectivity index (χ1) is 14.9. The number of ether oxygens (including phenoxy) is 2. The van der Waals surface area contributed by atoms with Gasteiger partial charge in [0.05, 0.1) is 29.5 Å². The van der Waals surface area contributed by atoms with Crippen LogP contribution < -0.4 is 4.90 Å². The van der Waals surface area contributed by atoms with E-state index < -0.39 is 23.4 Å². The molecule has 0 atom stereocenters. The van der Waals surface area contributed by atoms with Crippen LogP contribution >= 0.6 is 11.6 Å². The van der Waals surface area contributed by atoms with Crippen LogP contribution in [0, 0.1) is 11.6 Å². The number of anilines is 1. The number of hydrogen-bond donors (Lipinski definition) is 0. The monoisotopic (exact) mass is 450 g/mol. The van der Waals surface area contributed by atoms with Gasteiger partial charge < -0.3 is 14.4 Å². The number of carbonyl (C=O) groups excluding carboxylic acids is 2. The number of nitrogens with zero attached hydrogens (tertiary/aromatic N) is 2. The summed E-state index contributed by atoms with van der Waals surface area (Å²) in [6.45, 7) is 1.23. The van der Waals surface area contributed by atoms with Crippen molar-refractivity contribution in [1.29, 1.82) is 0 Å². The van der Waals surface area contributed by atoms with Gasteiger partial charge >= 0.3 is 0 Å². The fraction of sp³-hybridized carbons (Fsp3) is 0.273. The molecule has 6 nitrogen and oxygen atoms in total. The molecule has 0 radical (unpaired) electrons. The molecule has 1 heterocycles. The standard InChI is InChI=1S/C22H21ClF2N2O4/c1-30-11-9-26(10-12-31-2)20-19(14-3-5-15(24)6-4-14)21(28)27(22(20)29)16-7-8-18(25)17(23)13-16/h3-8,13H,9-12H2,1-2H3. The third-order valence-corrected chi connectivity index (χ3v) is 5.09. The Kier molecular flexibility index (Phi) is 7.37. The number of amides is 2. The molecule has 2 aromatic carbocycles. The predicted octanol–water partition coefficient (Wildman–Crippen LogP) is 3.50. The van der Waals surface area contributed by atoms with E-state index in [0.29, 0.717) is 31.9 Å². The van der Waals surface area contributed by atoms with E-state index in [0.717, 1.165) is 11.0 Å². The van der Waals surface area contributed by atoms with Crippen LogP contribution in [0.5, 0.6) is 0 Å². The highest BCUT2D eigenvalue weighted by atomic mass is 35.5. The first kappa shape index (κ1) is 22.9. The van der Waals surface area contributed by atoms with Crippen LogP contribution in [0.2, 0.25) is 5.02 Å². The Balaban J connectivity index is 2.13. The fourth-order valence-corrected chi connectivity index (χ4v) is 3.46. The van der Waals surface area contributed by atoms with E-state index in [1.165, 1.54) is 50.6 Å². The van der Waals surface area contributed by atoms with Crippen molar-refractivity contribution in [2.75, 3.05) is 45.4 Å². The minimum atomic E-state index is -0.668. The van der Waals surface area contributed by atoms with E-state index in [9.17, 15) is 18.4 Å². The second kappa shape index (κ2) is 10.00. The third-order valence-electron chi connectivity index (χ3n) is 4.80. The van der Waals surface area contributed by atoms with Gasteiger partial charge in [0.1, 0.15) is 17.3 Å². The summed E-state index contributed by atoms with van der Waals surface area (Å²) < 4.78 is 37.4. The van der Waals surface area contributed by atoms with Crippen molar-refractivity contribution in [3.05, 3.63) is 70.4 Å². The number of imide groups is 1. The summed E-state index contributed by atoms with van der Waals surface area (Å²) in [4.78, 5) is 29.5. The Hall–Kier alpha value is -2.81. The normalized spacial score (nSPS) is 14.0. The van der Waals surface area contributed by atoms with Gasteiger partial charge in [-0.3, -0.25) is 9.59 Å². The van der Waals surface area contributed by atoms with E-state index in [-0.39, 0.29) is 22.0 Å². The molecule has 1 aliphatic heterocycles. The van der Waals surface area contributed by atoms with Crippen LogP contribution in [0.4, 0.5) is 14.5 Å². The number of rotatable bonds is 9. The summed E-state index contributed by atoms with van der Waals surface area (Å²) in [5.41, 5.74) is 0.753. The van der Waals surface area contributed by atoms with Crippen molar-refractivity contribution in [1.82, 2.24) is 4.90 Å². The second-order valence-electron chi connectivity index (χ2n) is 6.75. The number of halogens is 3. The maximum Gasteiger partial charge on any atom is 0.282 e. The molecule has 0 fully saturated rings. The van der Waals surface area contributed by atoms with E-state index >= 15 is 0 Å². The van der Waals surface area contributed by atoms with Gasteiger partial charge in [-0.15, -0.1) is 0 Å². The van der Waals surface area contributed by atoms with Gasteiger partial charge in [0.25, 0.3) is 11.8 Å². The van der Waals surface area contributed by atoms with E-state index in [1.54, 1.807) is 4.90 Å². The highest BCUT2D eigenvalue weighted by Gasteiger charge is 2.42. The van der Waals surface area contributed by atoms with Crippen molar-refractivity contribution >= 4 is 34.7 Å². The maximum atomic E-state index is 13.6. The van der Waals surface area contributed by atoms with Gasteiger partial charge in [0, 0.05) is 27.3 Å². The van der Waals surface area contributed by atoms with Crippen molar-refractivity contribution in [3.8, 4) is 0 Å². The lowest BCUT2D eigenvalue weighted by Gasteiger charge is -2.25. The van der Waals surface area contributed by atoms with Crippen LogP contribution in [0.1, 0.15) is 5.56 Å². The number of benzene rings is 2. The van der Waals surface area contributed by atoms with Gasteiger partial charge in [-0.1, -0.05) is 23.7 Å². The summed E-state index contributed by atoms with van der Waals surface area (Å²) in [7, 11) is 3.05. The molecule has 2 aromatic rings. The van der Waals surface area contributed by atoms with Gasteiger partial charge in [0.2, 0.25) is 0 Å². The molecule has 0 N–H and O–H groups in total. The zero-order valence-electron chi connectivity index (χ0n) is 17.0. The molecule has 31 heavy (non-hydrogen) atoms. The molecule has 1 aliphatic rings.